The summed E-state index contributed by atoms with van der Waals surface area (Å²) in [6.45, 7) is 59.9. The largest absolute Gasteiger partial charge is 0.444 e. The lowest BCUT2D eigenvalue weighted by atomic mass is 10.1. The van der Waals surface area contributed by atoms with E-state index in [1.54, 1.807) is 83.6 Å². The summed E-state index contributed by atoms with van der Waals surface area (Å²) in [7, 11) is 0. The first-order chi connectivity index (χ1) is 46.6. The topological polar surface area (TPSA) is 370 Å². The van der Waals surface area contributed by atoms with Crippen molar-refractivity contribution in [1.29, 1.82) is 0 Å². The van der Waals surface area contributed by atoms with Gasteiger partial charge < -0.3 is 65.6 Å². The monoisotopic (exact) mass is 1400 g/mol. The summed E-state index contributed by atoms with van der Waals surface area (Å²) in [6.07, 6.45) is 5.08. The molecule has 9 heterocycles. The third kappa shape index (κ3) is 37.0. The lowest BCUT2D eigenvalue weighted by molar-refractivity contribution is -0.385. The number of imidazole rings is 1. The van der Waals surface area contributed by atoms with Crippen LogP contribution in [-0.2, 0) is 18.9 Å². The molecule has 0 bridgehead atoms. The van der Waals surface area contributed by atoms with Gasteiger partial charge in [-0.1, -0.05) is 111 Å². The molecule has 0 unspecified atom stereocenters. The Morgan fingerprint density at radius 2 is 0.798 bits per heavy atom. The number of carbonyl (C=O) groups excluding carboxylic acids is 4. The average Bonchev–Trinajstić information content (AvgIpc) is 1.67. The van der Waals surface area contributed by atoms with E-state index < -0.39 is 32.3 Å². The van der Waals surface area contributed by atoms with Gasteiger partial charge in [0.2, 0.25) is 5.82 Å². The van der Waals surface area contributed by atoms with Crippen LogP contribution in [0.2, 0.25) is 0 Å². The zero-order chi connectivity index (χ0) is 77.8. The van der Waals surface area contributed by atoms with E-state index in [0.717, 1.165) is 0 Å². The SMILES string of the molecule is CC.CC.CC.CC.CC.CC.CC.CC.CC(C)(C)OC(=O)N1CC(N)C1.CC(C)(C)OC(=O)N1CC(Nc2ncccc2N)C1.CC(C)(C)OC(=O)N1CC(Nc2ncccc2[N+](=O)[O-])C1.CC(C)(C)OC(=O)N1CC(n2c(=O)[nH]c3cccnc32)C1.Cc1ncccc1[N+](=O)[O-]. The normalized spacial score (nSPS) is 13.4. The third-order valence-electron chi connectivity index (χ3n) is 11.7. The van der Waals surface area contributed by atoms with Crippen LogP contribution >= 0.6 is 0 Å². The Kier molecular flexibility index (Phi) is 48.3. The van der Waals surface area contributed by atoms with Gasteiger partial charge in [0.05, 0.1) is 39.2 Å². The number of H-pyrrole nitrogens is 1. The van der Waals surface area contributed by atoms with E-state index in [2.05, 4.69) is 35.6 Å². The number of nitrogens with one attached hydrogen (secondary N) is 3. The fraction of sp³-hybridized carbons (Fsp3) is 0.643. The number of amides is 4. The molecule has 0 radical (unpaired) electrons. The van der Waals surface area contributed by atoms with Crippen LogP contribution < -0.4 is 27.8 Å². The molecule has 99 heavy (non-hydrogen) atoms. The van der Waals surface area contributed by atoms with Crippen molar-refractivity contribution >= 4 is 64.2 Å². The van der Waals surface area contributed by atoms with E-state index in [4.69, 9.17) is 30.4 Å². The lowest BCUT2D eigenvalue weighted by Crippen LogP contribution is -2.58. The summed E-state index contributed by atoms with van der Waals surface area (Å²) in [6, 6.07) is 13.2. The summed E-state index contributed by atoms with van der Waals surface area (Å²) in [5.41, 5.74) is 11.6. The van der Waals surface area contributed by atoms with Gasteiger partial charge in [0.1, 0.15) is 33.9 Å². The molecular weight excluding hydrogens is 1270 g/mol. The van der Waals surface area contributed by atoms with E-state index >= 15 is 0 Å². The van der Waals surface area contributed by atoms with E-state index in [1.165, 1.54) is 35.5 Å². The number of carbonyl (C=O) groups is 4. The molecule has 4 aliphatic rings. The fourth-order valence-electron chi connectivity index (χ4n) is 7.72. The summed E-state index contributed by atoms with van der Waals surface area (Å²) in [4.78, 5) is 104. The second kappa shape index (κ2) is 49.6. The molecule has 29 nitrogen and oxygen atoms in total. The predicted molar refractivity (Wildman–Crippen MR) is 399 cm³/mol. The van der Waals surface area contributed by atoms with Crippen LogP contribution in [0.1, 0.15) is 206 Å². The van der Waals surface area contributed by atoms with Crippen molar-refractivity contribution in [2.24, 2.45) is 5.73 Å². The first-order valence-corrected chi connectivity index (χ1v) is 34.7. The van der Waals surface area contributed by atoms with Gasteiger partial charge in [0.15, 0.2) is 5.65 Å². The van der Waals surface area contributed by atoms with Crippen LogP contribution in [0, 0.1) is 27.2 Å². The highest BCUT2D eigenvalue weighted by molar-refractivity contribution is 5.73. The van der Waals surface area contributed by atoms with Gasteiger partial charge in [-0.05, 0) is 126 Å². The minimum atomic E-state index is -0.532. The number of fused-ring (bicyclic) bond motifs is 1. The quantitative estimate of drug-likeness (QED) is 0.0574. The number of nitrogen functional groups attached to an aromatic ring is 1. The van der Waals surface area contributed by atoms with Crippen molar-refractivity contribution in [1.82, 2.24) is 49.1 Å². The van der Waals surface area contributed by atoms with Crippen molar-refractivity contribution in [3.63, 3.8) is 0 Å². The number of pyridine rings is 4. The first kappa shape index (κ1) is 96.5. The smallest absolute Gasteiger partial charge is 0.410 e. The molecule has 7 N–H and O–H groups in total. The zero-order valence-electron chi connectivity index (χ0n) is 65.3. The van der Waals surface area contributed by atoms with Gasteiger partial charge >= 0.3 is 35.8 Å². The Bertz CT molecular complexity index is 3110. The van der Waals surface area contributed by atoms with Gasteiger partial charge in [-0.3, -0.25) is 29.8 Å². The number of nitrogens with zero attached hydrogens (tertiary/aromatic N) is 11. The molecule has 0 atom stereocenters. The minimum absolute atomic E-state index is 0.0614. The van der Waals surface area contributed by atoms with Crippen molar-refractivity contribution in [2.45, 2.75) is 247 Å². The second-order valence-corrected chi connectivity index (χ2v) is 23.7. The number of rotatable bonds is 7. The molecule has 4 fully saturated rings. The highest BCUT2D eigenvalue weighted by Crippen LogP contribution is 2.27. The van der Waals surface area contributed by atoms with E-state index in [0.29, 0.717) is 80.7 Å². The molecule has 5 aromatic heterocycles. The Hall–Kier alpha value is -8.89. The van der Waals surface area contributed by atoms with Crippen LogP contribution in [0.4, 0.5) is 47.9 Å². The molecule has 4 saturated heterocycles. The summed E-state index contributed by atoms with van der Waals surface area (Å²) in [5, 5.41) is 27.2. The number of anilines is 3. The molecule has 0 spiro atoms. The maximum atomic E-state index is 12.0. The minimum Gasteiger partial charge on any atom is -0.444 e. The number of hydrogen-bond acceptors (Lipinski definition) is 21. The van der Waals surface area contributed by atoms with E-state index in [9.17, 15) is 44.2 Å². The van der Waals surface area contributed by atoms with Gasteiger partial charge in [0, 0.05) is 95.3 Å². The molecule has 4 aliphatic heterocycles. The lowest BCUT2D eigenvalue weighted by Gasteiger charge is -2.40. The average molecular weight is 1400 g/mol. The van der Waals surface area contributed by atoms with Gasteiger partial charge in [-0.15, -0.1) is 0 Å². The predicted octanol–water partition coefficient (Wildman–Crippen LogP) is 15.3. The van der Waals surface area contributed by atoms with Gasteiger partial charge in [0.25, 0.3) is 5.69 Å². The molecule has 0 aliphatic carbocycles. The van der Waals surface area contributed by atoms with Gasteiger partial charge in [-0.2, -0.15) is 0 Å². The van der Waals surface area contributed by atoms with Crippen molar-refractivity contribution in [3.8, 4) is 0 Å². The Labute approximate surface area is 590 Å². The summed E-state index contributed by atoms with van der Waals surface area (Å²) in [5.74, 6) is 0.882. The zero-order valence-corrected chi connectivity index (χ0v) is 65.3. The van der Waals surface area contributed by atoms with E-state index in [-0.39, 0.29) is 71.4 Å². The molecular formula is C70H126N16O13. The van der Waals surface area contributed by atoms with Crippen LogP contribution in [0.5, 0.6) is 0 Å². The maximum Gasteiger partial charge on any atom is 0.410 e. The van der Waals surface area contributed by atoms with Crippen LogP contribution in [-0.4, -0.2) is 176 Å². The molecule has 9 rings (SSSR count). The van der Waals surface area contributed by atoms with Gasteiger partial charge in [-0.25, -0.2) is 38.9 Å². The van der Waals surface area contributed by atoms with Crippen molar-refractivity contribution in [2.75, 3.05) is 68.7 Å². The van der Waals surface area contributed by atoms with Crippen LogP contribution in [0.15, 0.2) is 78.1 Å². The molecule has 4 amide bonds. The number of nitro groups is 2. The molecule has 564 valence electrons. The number of aromatic nitrogens is 6. The summed E-state index contributed by atoms with van der Waals surface area (Å²) >= 11 is 0. The highest BCUT2D eigenvalue weighted by atomic mass is 16.6. The van der Waals surface area contributed by atoms with Crippen molar-refractivity contribution < 1.29 is 48.0 Å². The Morgan fingerprint density at radius 3 is 1.14 bits per heavy atom. The highest BCUT2D eigenvalue weighted by Gasteiger charge is 2.38. The number of likely N-dealkylation sites (tertiary alicyclic amines) is 4. The summed E-state index contributed by atoms with van der Waals surface area (Å²) < 4.78 is 22.6. The molecule has 0 aromatic carbocycles. The standard InChI is InChI=1S/C14H18N4O3.C13H18N4O4.C13H20N4O2.C8H16N2O2.C6H6N2O2.8C2H6/c1-14(2,3)21-13(20)17-7-9(8-17)18-11-10(16-12(18)19)5-4-6-15-11;1-13(2,3)21-12(18)16-7-9(8-16)15-11-10(17(19)20)5-4-6-14-11;1-13(2,3)19-12(18)17-7-9(8-17)16-11-10(14)5-4-6-15-11;1-8(2,3)12-7(11)10-4-6(9)5-10;1-5-6(8(9)10)3-2-4-7-5;8*1-2/h4-6,9H,7-8H2,1-3H3,(H,16,19);4-6,9H,7-8H2,1-3H3,(H,14,15);4-6,9H,7-8,14H2,1-3H3,(H,15,16);6H,4-5,9H2,1-3H3;2-4H,1H3;8*1-2H3. The maximum absolute atomic E-state index is 12.0. The number of nitrogens with two attached hydrogens (primary N) is 2. The molecule has 5 aromatic rings. The third-order valence-corrected chi connectivity index (χ3v) is 11.7. The number of aromatic amines is 1. The fourth-order valence-corrected chi connectivity index (χ4v) is 7.72. The second-order valence-electron chi connectivity index (χ2n) is 23.7. The molecule has 0 saturated carbocycles. The first-order valence-electron chi connectivity index (χ1n) is 34.7. The number of aryl methyl sites for hydroxylation is 1. The number of ether oxygens (including phenoxy) is 4. The van der Waals surface area contributed by atoms with Crippen LogP contribution in [0.3, 0.4) is 0 Å². The number of hydrogen-bond donors (Lipinski definition) is 5. The Morgan fingerprint density at radius 1 is 0.485 bits per heavy atom. The van der Waals surface area contributed by atoms with Crippen LogP contribution in [0.25, 0.3) is 11.2 Å². The van der Waals surface area contributed by atoms with E-state index in [1.807, 2.05) is 179 Å². The molecule has 29 heteroatoms. The Balaban J connectivity index is -0.000000551. The van der Waals surface area contributed by atoms with Crippen molar-refractivity contribution in [3.05, 3.63) is 110 Å².